The number of rotatable bonds is 1. The molecule has 0 fully saturated rings. The van der Waals surface area contributed by atoms with Crippen molar-refractivity contribution in [3.63, 3.8) is 0 Å². The highest BCUT2D eigenvalue weighted by atomic mass is 19.4. The van der Waals surface area contributed by atoms with E-state index in [1.54, 1.807) is 0 Å². The number of H-pyrrole nitrogens is 1. The molecule has 0 bridgehead atoms. The number of nitrogens with zero attached hydrogens (tertiary/aromatic N) is 1. The molecule has 2 N–H and O–H groups in total. The Balaban J connectivity index is 3.13. The maximum Gasteiger partial charge on any atom is 0.437 e. The fourth-order valence-corrected chi connectivity index (χ4v) is 0.963. The Hall–Kier alpha value is -1.53. The first kappa shape index (κ1) is 10.6. The molecule has 0 radical (unpaired) electrons. The summed E-state index contributed by atoms with van der Waals surface area (Å²) in [6.45, 7) is 2.53. The highest BCUT2D eigenvalue weighted by Crippen LogP contribution is 2.34. The zero-order valence-corrected chi connectivity index (χ0v) is 7.49. The van der Waals surface area contributed by atoms with Crippen LogP contribution in [0.25, 0.3) is 0 Å². The fraction of sp³-hybridized carbons (Fsp3) is 0.429. The zero-order valence-electron chi connectivity index (χ0n) is 7.49. The monoisotopic (exact) mass is 207 g/mol. The summed E-state index contributed by atoms with van der Waals surface area (Å²) >= 11 is 0. The van der Waals surface area contributed by atoms with Crippen LogP contribution in [0.5, 0.6) is 0 Å². The predicted molar refractivity (Wildman–Crippen MR) is 42.6 cm³/mol. The third-order valence-electron chi connectivity index (χ3n) is 1.52. The van der Waals surface area contributed by atoms with Crippen LogP contribution in [0.1, 0.15) is 18.3 Å². The summed E-state index contributed by atoms with van der Waals surface area (Å²) in [6, 6.07) is 0. The van der Waals surface area contributed by atoms with Crippen LogP contribution >= 0.6 is 0 Å². The molecule has 0 spiro atoms. The Morgan fingerprint density at radius 3 is 2.50 bits per heavy atom. The highest BCUT2D eigenvalue weighted by Gasteiger charge is 2.37. The topological polar surface area (TPSA) is 57.8 Å². The molecule has 0 aliphatic rings. The molecule has 7 heteroatoms. The van der Waals surface area contributed by atoms with E-state index in [1.165, 1.54) is 6.92 Å². The van der Waals surface area contributed by atoms with Gasteiger partial charge in [-0.05, 0) is 6.92 Å². The van der Waals surface area contributed by atoms with Gasteiger partial charge in [-0.15, -0.1) is 0 Å². The van der Waals surface area contributed by atoms with E-state index in [0.717, 1.165) is 6.92 Å². The van der Waals surface area contributed by atoms with Gasteiger partial charge >= 0.3 is 6.18 Å². The number of aryl methyl sites for hydroxylation is 1. The Kier molecular flexibility index (Phi) is 2.50. The molecule has 0 saturated heterocycles. The molecule has 1 aromatic heterocycles. The van der Waals surface area contributed by atoms with Gasteiger partial charge in [0, 0.05) is 6.92 Å². The van der Waals surface area contributed by atoms with Gasteiger partial charge in [0.1, 0.15) is 0 Å². The largest absolute Gasteiger partial charge is 0.437 e. The molecule has 1 aromatic rings. The fourth-order valence-electron chi connectivity index (χ4n) is 0.963. The van der Waals surface area contributed by atoms with Gasteiger partial charge in [0.2, 0.25) is 5.91 Å². The summed E-state index contributed by atoms with van der Waals surface area (Å²) in [5.74, 6) is -0.569. The van der Waals surface area contributed by atoms with Crippen molar-refractivity contribution in [2.75, 3.05) is 5.32 Å². The van der Waals surface area contributed by atoms with Crippen molar-refractivity contribution in [3.05, 3.63) is 11.4 Å². The highest BCUT2D eigenvalue weighted by molar-refractivity contribution is 5.90. The molecular formula is C7H8F3N3O. The van der Waals surface area contributed by atoms with Gasteiger partial charge in [0.15, 0.2) is 5.69 Å². The number of carbonyl (C=O) groups is 1. The second-order valence-electron chi connectivity index (χ2n) is 2.75. The van der Waals surface area contributed by atoms with Crippen molar-refractivity contribution in [1.82, 2.24) is 10.2 Å². The second-order valence-corrected chi connectivity index (χ2v) is 2.75. The van der Waals surface area contributed by atoms with Gasteiger partial charge < -0.3 is 5.32 Å². The third kappa shape index (κ3) is 2.04. The number of aromatic nitrogens is 2. The maximum absolute atomic E-state index is 12.3. The van der Waals surface area contributed by atoms with E-state index < -0.39 is 17.8 Å². The van der Waals surface area contributed by atoms with Gasteiger partial charge in [-0.1, -0.05) is 0 Å². The van der Waals surface area contributed by atoms with Gasteiger partial charge in [-0.2, -0.15) is 18.3 Å². The van der Waals surface area contributed by atoms with Gasteiger partial charge in [0.05, 0.1) is 11.4 Å². The first-order chi connectivity index (χ1) is 6.32. The summed E-state index contributed by atoms with van der Waals surface area (Å²) in [4.78, 5) is 10.6. The molecule has 1 heterocycles. The van der Waals surface area contributed by atoms with Gasteiger partial charge in [-0.3, -0.25) is 9.89 Å². The van der Waals surface area contributed by atoms with Crippen LogP contribution in [0.2, 0.25) is 0 Å². The number of aromatic amines is 1. The minimum Gasteiger partial charge on any atom is -0.323 e. The van der Waals surface area contributed by atoms with Crippen LogP contribution in [-0.2, 0) is 11.0 Å². The van der Waals surface area contributed by atoms with Crippen LogP contribution < -0.4 is 5.32 Å². The van der Waals surface area contributed by atoms with E-state index >= 15 is 0 Å². The second kappa shape index (κ2) is 3.32. The van der Waals surface area contributed by atoms with E-state index in [1.807, 2.05) is 0 Å². The number of hydrogen-bond acceptors (Lipinski definition) is 2. The lowest BCUT2D eigenvalue weighted by Gasteiger charge is -2.06. The number of halogens is 3. The molecular weight excluding hydrogens is 199 g/mol. The van der Waals surface area contributed by atoms with E-state index in [4.69, 9.17) is 0 Å². The SMILES string of the molecule is CC(=O)Nc1c(C(F)(F)F)n[nH]c1C. The third-order valence-corrected chi connectivity index (χ3v) is 1.52. The lowest BCUT2D eigenvalue weighted by Crippen LogP contribution is -2.13. The van der Waals surface area contributed by atoms with Crippen molar-refractivity contribution in [1.29, 1.82) is 0 Å². The number of nitrogens with one attached hydrogen (secondary N) is 2. The van der Waals surface area contributed by atoms with Crippen LogP contribution in [-0.4, -0.2) is 16.1 Å². The molecule has 78 valence electrons. The van der Waals surface area contributed by atoms with Crippen LogP contribution in [0, 0.1) is 6.92 Å². The predicted octanol–water partition coefficient (Wildman–Crippen LogP) is 1.70. The first-order valence-electron chi connectivity index (χ1n) is 3.72. The average molecular weight is 207 g/mol. The zero-order chi connectivity index (χ0) is 10.9. The number of hydrogen-bond donors (Lipinski definition) is 2. The first-order valence-corrected chi connectivity index (χ1v) is 3.72. The van der Waals surface area contributed by atoms with Gasteiger partial charge in [0.25, 0.3) is 0 Å². The lowest BCUT2D eigenvalue weighted by molar-refractivity contribution is -0.140. The summed E-state index contributed by atoms with van der Waals surface area (Å²) in [6.07, 6.45) is -4.57. The molecule has 0 aliphatic carbocycles. The van der Waals surface area contributed by atoms with Crippen LogP contribution in [0.4, 0.5) is 18.9 Å². The minimum atomic E-state index is -4.57. The lowest BCUT2D eigenvalue weighted by atomic mass is 10.3. The molecule has 0 atom stereocenters. The summed E-state index contributed by atoms with van der Waals surface area (Å²) in [5.41, 5.74) is -1.25. The molecule has 1 rings (SSSR count). The molecule has 0 aromatic carbocycles. The van der Waals surface area contributed by atoms with E-state index in [0.29, 0.717) is 0 Å². The van der Waals surface area contributed by atoms with Crippen molar-refractivity contribution >= 4 is 11.6 Å². The number of amides is 1. The Bertz CT molecular complexity index is 356. The molecule has 0 saturated carbocycles. The van der Waals surface area contributed by atoms with Crippen molar-refractivity contribution < 1.29 is 18.0 Å². The van der Waals surface area contributed by atoms with Crippen molar-refractivity contribution in [2.24, 2.45) is 0 Å². The normalized spacial score (nSPS) is 11.5. The molecule has 14 heavy (non-hydrogen) atoms. The molecule has 0 unspecified atom stereocenters. The number of alkyl halides is 3. The molecule has 4 nitrogen and oxygen atoms in total. The van der Waals surface area contributed by atoms with E-state index in [9.17, 15) is 18.0 Å². The minimum absolute atomic E-state index is 0.174. The van der Waals surface area contributed by atoms with Crippen molar-refractivity contribution in [3.8, 4) is 0 Å². The molecule has 0 aliphatic heterocycles. The summed E-state index contributed by atoms with van der Waals surface area (Å²) in [7, 11) is 0. The standard InChI is InChI=1S/C7H8F3N3O/c1-3-5(11-4(2)14)6(13-12-3)7(8,9)10/h1-2H3,(H,11,14)(H,12,13). The maximum atomic E-state index is 12.3. The van der Waals surface area contributed by atoms with Gasteiger partial charge in [-0.25, -0.2) is 0 Å². The molecule has 1 amide bonds. The smallest absolute Gasteiger partial charge is 0.323 e. The Morgan fingerprint density at radius 2 is 2.07 bits per heavy atom. The summed E-state index contributed by atoms with van der Waals surface area (Å²) in [5, 5.41) is 7.32. The summed E-state index contributed by atoms with van der Waals surface area (Å²) < 4.78 is 36.8. The van der Waals surface area contributed by atoms with E-state index in [2.05, 4.69) is 15.5 Å². The van der Waals surface area contributed by atoms with Crippen molar-refractivity contribution in [2.45, 2.75) is 20.0 Å². The Labute approximate surface area is 77.5 Å². The average Bonchev–Trinajstić information content (AvgIpc) is 2.30. The Morgan fingerprint density at radius 1 is 1.50 bits per heavy atom. The number of carbonyl (C=O) groups excluding carboxylic acids is 1. The van der Waals surface area contributed by atoms with Crippen LogP contribution in [0.3, 0.4) is 0 Å². The quantitative estimate of drug-likeness (QED) is 0.736. The number of anilines is 1. The van der Waals surface area contributed by atoms with E-state index in [-0.39, 0.29) is 11.4 Å². The van der Waals surface area contributed by atoms with Crippen LogP contribution in [0.15, 0.2) is 0 Å².